The molecule has 14 heavy (non-hydrogen) atoms. The van der Waals surface area contributed by atoms with Gasteiger partial charge in [-0.15, -0.1) is 11.3 Å². The summed E-state index contributed by atoms with van der Waals surface area (Å²) in [7, 11) is 1.33. The van der Waals surface area contributed by atoms with E-state index in [0.29, 0.717) is 20.6 Å². The molecule has 0 unspecified atom stereocenters. The minimum atomic E-state index is -0.416. The van der Waals surface area contributed by atoms with Crippen LogP contribution in [0.4, 0.5) is 0 Å². The lowest BCUT2D eigenvalue weighted by Gasteiger charge is -1.92. The van der Waals surface area contributed by atoms with Gasteiger partial charge in [0.05, 0.1) is 22.3 Å². The molecule has 0 aliphatic rings. The monoisotopic (exact) mass is 249 g/mol. The number of halogens is 2. The number of H-pyrrole nitrogens is 1. The highest BCUT2D eigenvalue weighted by Crippen LogP contribution is 2.38. The van der Waals surface area contributed by atoms with Gasteiger partial charge in [0, 0.05) is 0 Å². The van der Waals surface area contributed by atoms with Crippen molar-refractivity contribution in [1.82, 2.24) is 4.98 Å². The zero-order valence-corrected chi connectivity index (χ0v) is 9.39. The zero-order chi connectivity index (χ0) is 10.3. The second-order valence-electron chi connectivity index (χ2n) is 2.60. The Morgan fingerprint density at radius 2 is 2.29 bits per heavy atom. The predicted molar refractivity (Wildman–Crippen MR) is 57.5 cm³/mol. The summed E-state index contributed by atoms with van der Waals surface area (Å²) in [6.45, 7) is 0. The molecular weight excluding hydrogens is 245 g/mol. The van der Waals surface area contributed by atoms with Crippen molar-refractivity contribution in [3.8, 4) is 0 Å². The molecule has 0 amide bonds. The summed E-state index contributed by atoms with van der Waals surface area (Å²) in [5.41, 5.74) is 1.06. The molecule has 2 heterocycles. The lowest BCUT2D eigenvalue weighted by molar-refractivity contribution is 0.0595. The van der Waals surface area contributed by atoms with Gasteiger partial charge in [-0.2, -0.15) is 0 Å². The van der Waals surface area contributed by atoms with Crippen LogP contribution in [0.3, 0.4) is 0 Å². The van der Waals surface area contributed by atoms with Gasteiger partial charge in [-0.1, -0.05) is 23.2 Å². The summed E-state index contributed by atoms with van der Waals surface area (Å²) < 4.78 is 5.93. The fourth-order valence-corrected chi connectivity index (χ4v) is 2.62. The van der Waals surface area contributed by atoms with Gasteiger partial charge in [-0.05, 0) is 6.07 Å². The largest absolute Gasteiger partial charge is 0.464 e. The average Bonchev–Trinajstić information content (AvgIpc) is 2.68. The summed E-state index contributed by atoms with van der Waals surface area (Å²) in [5, 5.41) is 0.446. The van der Waals surface area contributed by atoms with Crippen molar-refractivity contribution in [3.05, 3.63) is 21.1 Å². The first-order valence-electron chi connectivity index (χ1n) is 3.68. The molecule has 2 aromatic heterocycles. The van der Waals surface area contributed by atoms with E-state index in [1.165, 1.54) is 18.4 Å². The Labute approximate surface area is 93.6 Å². The van der Waals surface area contributed by atoms with Crippen LogP contribution in [0.2, 0.25) is 9.36 Å². The van der Waals surface area contributed by atoms with E-state index in [9.17, 15) is 4.79 Å². The third-order valence-electron chi connectivity index (χ3n) is 1.78. The molecule has 0 aliphatic heterocycles. The highest BCUT2D eigenvalue weighted by atomic mass is 35.5. The number of esters is 1. The second-order valence-corrected chi connectivity index (χ2v) is 4.64. The Bertz CT molecular complexity index is 503. The SMILES string of the molecule is COC(=O)c1cc2sc(Cl)c(Cl)c2[nH]1. The first-order chi connectivity index (χ1) is 6.63. The van der Waals surface area contributed by atoms with E-state index in [-0.39, 0.29) is 0 Å². The van der Waals surface area contributed by atoms with Crippen molar-refractivity contribution in [2.45, 2.75) is 0 Å². The van der Waals surface area contributed by atoms with Gasteiger partial charge in [0.25, 0.3) is 0 Å². The van der Waals surface area contributed by atoms with Gasteiger partial charge < -0.3 is 9.72 Å². The van der Waals surface area contributed by atoms with E-state index in [4.69, 9.17) is 23.2 Å². The maximum Gasteiger partial charge on any atom is 0.354 e. The number of hydrogen-bond donors (Lipinski definition) is 1. The lowest BCUT2D eigenvalue weighted by Crippen LogP contribution is -2.00. The van der Waals surface area contributed by atoms with Crippen LogP contribution < -0.4 is 0 Å². The smallest absolute Gasteiger partial charge is 0.354 e. The molecule has 3 nitrogen and oxygen atoms in total. The Morgan fingerprint density at radius 3 is 2.86 bits per heavy atom. The molecule has 0 aliphatic carbocycles. The molecule has 0 saturated heterocycles. The molecule has 0 aromatic carbocycles. The first-order valence-corrected chi connectivity index (χ1v) is 5.25. The van der Waals surface area contributed by atoms with Crippen LogP contribution in [0.15, 0.2) is 6.07 Å². The summed E-state index contributed by atoms with van der Waals surface area (Å²) in [6, 6.07) is 1.67. The maximum atomic E-state index is 11.2. The molecule has 0 spiro atoms. The van der Waals surface area contributed by atoms with E-state index in [2.05, 4.69) is 9.72 Å². The molecule has 0 saturated carbocycles. The number of carbonyl (C=O) groups excluding carboxylic acids is 1. The number of carbonyl (C=O) groups is 1. The molecule has 0 atom stereocenters. The number of fused-ring (bicyclic) bond motifs is 1. The molecule has 74 valence electrons. The minimum Gasteiger partial charge on any atom is -0.464 e. The van der Waals surface area contributed by atoms with Crippen molar-refractivity contribution >= 4 is 50.7 Å². The first kappa shape index (κ1) is 9.83. The number of hydrogen-bond acceptors (Lipinski definition) is 3. The molecule has 2 rings (SSSR count). The highest BCUT2D eigenvalue weighted by Gasteiger charge is 2.15. The third kappa shape index (κ3) is 1.39. The van der Waals surface area contributed by atoms with E-state index in [1.54, 1.807) is 6.07 Å². The van der Waals surface area contributed by atoms with Crippen LogP contribution in [0.5, 0.6) is 0 Å². The van der Waals surface area contributed by atoms with Crippen LogP contribution in [0.1, 0.15) is 10.5 Å². The molecule has 2 aromatic rings. The fourth-order valence-electron chi connectivity index (χ4n) is 1.14. The number of rotatable bonds is 1. The predicted octanol–water partition coefficient (Wildman–Crippen LogP) is 3.32. The zero-order valence-electron chi connectivity index (χ0n) is 7.06. The summed E-state index contributed by atoms with van der Waals surface area (Å²) in [6.07, 6.45) is 0. The standard InChI is InChI=1S/C8H5Cl2NO2S/c1-13-8(12)3-2-4-6(11-3)5(9)7(10)14-4/h2,11H,1H3. The van der Waals surface area contributed by atoms with E-state index in [1.807, 2.05) is 0 Å². The Kier molecular flexibility index (Phi) is 2.43. The van der Waals surface area contributed by atoms with Gasteiger partial charge >= 0.3 is 5.97 Å². The van der Waals surface area contributed by atoms with Crippen molar-refractivity contribution in [3.63, 3.8) is 0 Å². The molecular formula is C8H5Cl2NO2S. The topological polar surface area (TPSA) is 42.1 Å². The molecule has 0 radical (unpaired) electrons. The quantitative estimate of drug-likeness (QED) is 0.789. The Balaban J connectivity index is 2.59. The highest BCUT2D eigenvalue weighted by molar-refractivity contribution is 7.23. The minimum absolute atomic E-state index is 0.382. The van der Waals surface area contributed by atoms with Crippen molar-refractivity contribution in [2.24, 2.45) is 0 Å². The Hall–Kier alpha value is -0.710. The number of thiophene rings is 1. The Morgan fingerprint density at radius 1 is 1.57 bits per heavy atom. The van der Waals surface area contributed by atoms with Crippen molar-refractivity contribution in [2.75, 3.05) is 7.11 Å². The van der Waals surface area contributed by atoms with E-state index in [0.717, 1.165) is 4.70 Å². The second kappa shape index (κ2) is 3.46. The van der Waals surface area contributed by atoms with Crippen LogP contribution in [0.25, 0.3) is 10.2 Å². The van der Waals surface area contributed by atoms with Gasteiger partial charge in [0.1, 0.15) is 10.0 Å². The third-order valence-corrected chi connectivity index (χ3v) is 3.71. The molecule has 6 heteroatoms. The van der Waals surface area contributed by atoms with Gasteiger partial charge in [0.15, 0.2) is 0 Å². The number of aromatic nitrogens is 1. The van der Waals surface area contributed by atoms with Gasteiger partial charge in [0.2, 0.25) is 0 Å². The van der Waals surface area contributed by atoms with Gasteiger partial charge in [-0.3, -0.25) is 0 Å². The molecule has 1 N–H and O–H groups in total. The number of ether oxygens (including phenoxy) is 1. The summed E-state index contributed by atoms with van der Waals surface area (Å²) in [4.78, 5) is 14.0. The molecule has 0 bridgehead atoms. The average molecular weight is 250 g/mol. The maximum absolute atomic E-state index is 11.2. The number of nitrogens with one attached hydrogen (secondary N) is 1. The van der Waals surface area contributed by atoms with Crippen LogP contribution in [0, 0.1) is 0 Å². The summed E-state index contributed by atoms with van der Waals surface area (Å²) >= 11 is 13.0. The summed E-state index contributed by atoms with van der Waals surface area (Å²) in [5.74, 6) is -0.416. The van der Waals surface area contributed by atoms with Crippen LogP contribution >= 0.6 is 34.5 Å². The van der Waals surface area contributed by atoms with Crippen LogP contribution in [-0.2, 0) is 4.74 Å². The van der Waals surface area contributed by atoms with Crippen LogP contribution in [-0.4, -0.2) is 18.1 Å². The van der Waals surface area contributed by atoms with Gasteiger partial charge in [-0.25, -0.2) is 4.79 Å². The molecule has 0 fully saturated rings. The normalized spacial score (nSPS) is 10.8. The number of methoxy groups -OCH3 is 1. The van der Waals surface area contributed by atoms with Crippen molar-refractivity contribution < 1.29 is 9.53 Å². The number of aromatic amines is 1. The van der Waals surface area contributed by atoms with E-state index < -0.39 is 5.97 Å². The fraction of sp³-hybridized carbons (Fsp3) is 0.125. The van der Waals surface area contributed by atoms with E-state index >= 15 is 0 Å². The van der Waals surface area contributed by atoms with Crippen molar-refractivity contribution in [1.29, 1.82) is 0 Å². The lowest BCUT2D eigenvalue weighted by atomic mass is 10.4.